The van der Waals surface area contributed by atoms with E-state index < -0.39 is 30.3 Å². The molecule has 2 N–H and O–H groups in total. The highest BCUT2D eigenvalue weighted by Crippen LogP contribution is 2.44. The summed E-state index contributed by atoms with van der Waals surface area (Å²) in [6.45, 7) is 1.96. The Morgan fingerprint density at radius 2 is 1.51 bits per heavy atom. The number of carbonyl (C=O) groups is 2. The second-order valence-electron chi connectivity index (χ2n) is 13.6. The summed E-state index contributed by atoms with van der Waals surface area (Å²) in [6, 6.07) is 33.5. The number of oxazole rings is 1. The molecule has 0 spiro atoms. The molecular weight excluding hydrogens is 732 g/mol. The molecule has 5 aromatic rings. The van der Waals surface area contributed by atoms with Crippen molar-refractivity contribution in [3.05, 3.63) is 131 Å². The second-order valence-corrected chi connectivity index (χ2v) is 14.6. The van der Waals surface area contributed by atoms with Crippen molar-refractivity contribution in [2.24, 2.45) is 5.92 Å². The lowest BCUT2D eigenvalue weighted by molar-refractivity contribution is -0.268. The number of nitrogens with one attached hydrogen (secondary N) is 1. The Hall–Kier alpha value is -4.95. The van der Waals surface area contributed by atoms with Crippen molar-refractivity contribution in [3.63, 3.8) is 0 Å². The van der Waals surface area contributed by atoms with Gasteiger partial charge in [0.1, 0.15) is 11.7 Å². The quantitative estimate of drug-likeness (QED) is 0.129. The Labute approximate surface area is 320 Å². The van der Waals surface area contributed by atoms with Crippen LogP contribution >= 0.6 is 11.8 Å². The maximum absolute atomic E-state index is 13.1. The SMILES string of the molecule is C[C@H]1[C@@H](CSc2nc(-c3ccccc3)c(-c3ccccc3)o2)O[C@@H](c2ccc(CNC(=O)[C@@H]3CCCN3C(=O)C(F)(F)F)cc2)O[C@H]1c1ccc(CO)cc1. The molecule has 2 amide bonds. The standard InChI is InChI=1S/C42H40F3N3O6S/c1-26-34(25-55-41-47-35(29-9-4-2-5-10-29)37(54-41)30-11-6-3-7-12-30)52-39(53-36(26)31-18-16-28(24-49)17-19-31)32-20-14-27(15-21-32)23-46-38(50)33-13-8-22-48(33)40(51)42(43,44)45/h2-7,9-12,14-21,26,33-34,36,39,49H,8,13,22-25H2,1H3,(H,46,50)/t26-,33-,34+,36+,39+/m0/s1. The third-order valence-corrected chi connectivity index (χ3v) is 10.9. The molecule has 4 aromatic carbocycles. The summed E-state index contributed by atoms with van der Waals surface area (Å²) in [5, 5.41) is 12.8. The third kappa shape index (κ3) is 8.80. The molecule has 0 unspecified atom stereocenters. The first-order chi connectivity index (χ1) is 26.6. The first-order valence-corrected chi connectivity index (χ1v) is 19.1. The summed E-state index contributed by atoms with van der Waals surface area (Å²) in [6.07, 6.45) is -5.95. The number of aliphatic hydroxyl groups excluding tert-OH is 1. The molecule has 2 aliphatic heterocycles. The van der Waals surface area contributed by atoms with Crippen LogP contribution in [0, 0.1) is 5.92 Å². The van der Waals surface area contributed by atoms with Crippen molar-refractivity contribution in [2.45, 2.75) is 68.9 Å². The number of carbonyl (C=O) groups excluding carboxylic acids is 2. The van der Waals surface area contributed by atoms with Crippen molar-refractivity contribution < 1.29 is 41.8 Å². The number of amides is 2. The van der Waals surface area contributed by atoms with Crippen molar-refractivity contribution in [1.82, 2.24) is 15.2 Å². The van der Waals surface area contributed by atoms with E-state index >= 15 is 0 Å². The fourth-order valence-corrected chi connectivity index (χ4v) is 7.93. The lowest BCUT2D eigenvalue weighted by Crippen LogP contribution is -2.50. The molecule has 3 heterocycles. The zero-order valence-electron chi connectivity index (χ0n) is 29.9. The monoisotopic (exact) mass is 771 g/mol. The number of benzene rings is 4. The predicted octanol–water partition coefficient (Wildman–Crippen LogP) is 8.25. The number of hydrogen-bond donors (Lipinski definition) is 2. The van der Waals surface area contributed by atoms with Crippen molar-refractivity contribution in [1.29, 1.82) is 0 Å². The van der Waals surface area contributed by atoms with E-state index in [0.717, 1.165) is 33.5 Å². The van der Waals surface area contributed by atoms with Crippen molar-refractivity contribution in [2.75, 3.05) is 12.3 Å². The summed E-state index contributed by atoms with van der Waals surface area (Å²) < 4.78 is 58.8. The average molecular weight is 772 g/mol. The molecular formula is C42H40F3N3O6S. The second kappa shape index (κ2) is 16.8. The van der Waals surface area contributed by atoms with E-state index in [1.165, 1.54) is 11.8 Å². The number of nitrogens with zero attached hydrogens (tertiary/aromatic N) is 2. The third-order valence-electron chi connectivity index (χ3n) is 9.96. The molecule has 1 aromatic heterocycles. The van der Waals surface area contributed by atoms with Gasteiger partial charge in [0.2, 0.25) is 5.91 Å². The van der Waals surface area contributed by atoms with Gasteiger partial charge in [0.15, 0.2) is 12.1 Å². The molecule has 0 radical (unpaired) electrons. The van der Waals surface area contributed by atoms with Gasteiger partial charge in [-0.3, -0.25) is 9.59 Å². The van der Waals surface area contributed by atoms with Gasteiger partial charge in [-0.2, -0.15) is 13.2 Å². The topological polar surface area (TPSA) is 114 Å². The minimum atomic E-state index is -5.03. The van der Waals surface area contributed by atoms with Crippen LogP contribution in [0.15, 0.2) is 119 Å². The van der Waals surface area contributed by atoms with E-state index in [1.54, 1.807) is 12.1 Å². The number of ether oxygens (including phenoxy) is 2. The Morgan fingerprint density at radius 3 is 2.16 bits per heavy atom. The summed E-state index contributed by atoms with van der Waals surface area (Å²) in [7, 11) is 0. The Bertz CT molecular complexity index is 2010. The van der Waals surface area contributed by atoms with Gasteiger partial charge in [-0.15, -0.1) is 0 Å². The maximum Gasteiger partial charge on any atom is 0.471 e. The Morgan fingerprint density at radius 1 is 0.873 bits per heavy atom. The number of hydrogen-bond acceptors (Lipinski definition) is 8. The van der Waals surface area contributed by atoms with E-state index in [2.05, 4.69) is 12.2 Å². The van der Waals surface area contributed by atoms with Gasteiger partial charge in [-0.05, 0) is 29.5 Å². The molecule has 5 atom stereocenters. The van der Waals surface area contributed by atoms with Gasteiger partial charge in [-0.1, -0.05) is 128 Å². The van der Waals surface area contributed by atoms with Crippen LogP contribution in [0.25, 0.3) is 22.6 Å². The Balaban J connectivity index is 1.07. The number of thioether (sulfide) groups is 1. The number of alkyl halides is 3. The summed E-state index contributed by atoms with van der Waals surface area (Å²) in [5.74, 6) is -1.52. The molecule has 0 aliphatic carbocycles. The molecule has 2 saturated heterocycles. The number of likely N-dealkylation sites (tertiary alicyclic amines) is 1. The van der Waals surface area contributed by atoms with Crippen molar-refractivity contribution >= 4 is 23.6 Å². The summed E-state index contributed by atoms with van der Waals surface area (Å²) >= 11 is 1.46. The molecule has 2 aliphatic rings. The molecule has 55 heavy (non-hydrogen) atoms. The predicted molar refractivity (Wildman–Crippen MR) is 200 cm³/mol. The number of rotatable bonds is 11. The minimum Gasteiger partial charge on any atom is -0.431 e. The zero-order valence-corrected chi connectivity index (χ0v) is 30.8. The van der Waals surface area contributed by atoms with Crippen LogP contribution in [0.1, 0.15) is 54.4 Å². The van der Waals surface area contributed by atoms with E-state index in [-0.39, 0.29) is 44.2 Å². The molecule has 7 rings (SSSR count). The van der Waals surface area contributed by atoms with E-state index in [9.17, 15) is 27.9 Å². The van der Waals surface area contributed by atoms with Gasteiger partial charge in [0.25, 0.3) is 5.22 Å². The van der Waals surface area contributed by atoms with Crippen molar-refractivity contribution in [3.8, 4) is 22.6 Å². The molecule has 9 nitrogen and oxygen atoms in total. The summed E-state index contributed by atoms with van der Waals surface area (Å²) in [4.78, 5) is 30.2. The van der Waals surface area contributed by atoms with Crippen LogP contribution in [0.5, 0.6) is 0 Å². The molecule has 2 fully saturated rings. The summed E-state index contributed by atoms with van der Waals surface area (Å²) in [5.41, 5.74) is 5.79. The number of aliphatic hydroxyl groups is 1. The fraction of sp³-hybridized carbons (Fsp3) is 0.310. The number of aromatic nitrogens is 1. The van der Waals surface area contributed by atoms with Crippen LogP contribution in [0.4, 0.5) is 13.2 Å². The van der Waals surface area contributed by atoms with Gasteiger partial charge in [0, 0.05) is 41.5 Å². The molecule has 13 heteroatoms. The highest BCUT2D eigenvalue weighted by molar-refractivity contribution is 7.99. The van der Waals surface area contributed by atoms with Crippen LogP contribution in [-0.2, 0) is 32.2 Å². The lowest BCUT2D eigenvalue weighted by atomic mass is 9.91. The van der Waals surface area contributed by atoms with Gasteiger partial charge in [-0.25, -0.2) is 4.98 Å². The lowest BCUT2D eigenvalue weighted by Gasteiger charge is -2.41. The minimum absolute atomic E-state index is 0.0677. The van der Waals surface area contributed by atoms with E-state index in [1.807, 2.05) is 97.1 Å². The number of halogens is 3. The van der Waals surface area contributed by atoms with Gasteiger partial charge in [0.05, 0.1) is 18.8 Å². The van der Waals surface area contributed by atoms with E-state index in [4.69, 9.17) is 18.9 Å². The smallest absolute Gasteiger partial charge is 0.431 e. The van der Waals surface area contributed by atoms with Gasteiger partial charge < -0.3 is 29.2 Å². The normalized spacial score (nSPS) is 21.4. The molecule has 0 bridgehead atoms. The largest absolute Gasteiger partial charge is 0.471 e. The first-order valence-electron chi connectivity index (χ1n) is 18.1. The Kier molecular flexibility index (Phi) is 11.7. The van der Waals surface area contributed by atoms with Crippen LogP contribution in [-0.4, -0.2) is 57.4 Å². The van der Waals surface area contributed by atoms with Crippen LogP contribution in [0.3, 0.4) is 0 Å². The molecule has 0 saturated carbocycles. The fourth-order valence-electron chi connectivity index (χ4n) is 6.95. The molecule has 286 valence electrons. The highest BCUT2D eigenvalue weighted by atomic mass is 32.2. The van der Waals surface area contributed by atoms with Crippen LogP contribution in [0.2, 0.25) is 0 Å². The highest BCUT2D eigenvalue weighted by Gasteiger charge is 2.47. The van der Waals surface area contributed by atoms with Crippen LogP contribution < -0.4 is 5.32 Å². The van der Waals surface area contributed by atoms with Gasteiger partial charge >= 0.3 is 12.1 Å². The van der Waals surface area contributed by atoms with E-state index in [0.29, 0.717) is 33.6 Å². The zero-order chi connectivity index (χ0) is 38.5. The average Bonchev–Trinajstić information content (AvgIpc) is 3.88. The maximum atomic E-state index is 13.1. The first kappa shape index (κ1) is 38.3.